The fourth-order valence-corrected chi connectivity index (χ4v) is 1.97. The van der Waals surface area contributed by atoms with E-state index in [1.807, 2.05) is 6.92 Å². The highest BCUT2D eigenvalue weighted by atomic mass is 79.9. The van der Waals surface area contributed by atoms with Crippen molar-refractivity contribution in [3.63, 3.8) is 0 Å². The van der Waals surface area contributed by atoms with Gasteiger partial charge in [0.05, 0.1) is 4.47 Å². The zero-order valence-electron chi connectivity index (χ0n) is 11.6. The Morgan fingerprint density at radius 1 is 1.43 bits per heavy atom. The van der Waals surface area contributed by atoms with Crippen molar-refractivity contribution in [1.82, 2.24) is 5.32 Å². The maximum atomic E-state index is 12.1. The molecule has 4 nitrogen and oxygen atoms in total. The van der Waals surface area contributed by atoms with Gasteiger partial charge in [0.1, 0.15) is 11.8 Å². The zero-order chi connectivity index (χ0) is 16.0. The van der Waals surface area contributed by atoms with Gasteiger partial charge in [-0.1, -0.05) is 6.92 Å². The SMILES string of the molecule is CCCNC(=O)C(C)Nc1ccc(OC(F)(F)F)c(Br)c1. The van der Waals surface area contributed by atoms with Crippen molar-refractivity contribution in [3.05, 3.63) is 22.7 Å². The van der Waals surface area contributed by atoms with Crippen molar-refractivity contribution in [2.24, 2.45) is 0 Å². The average molecular weight is 369 g/mol. The predicted molar refractivity (Wildman–Crippen MR) is 77.2 cm³/mol. The Morgan fingerprint density at radius 3 is 2.62 bits per heavy atom. The standard InChI is InChI=1S/C13H16BrF3N2O2/c1-3-6-18-12(20)8(2)19-9-4-5-11(10(14)7-9)21-13(15,16)17/h4-5,7-8,19H,3,6H2,1-2H3,(H,18,20). The molecule has 0 aliphatic carbocycles. The molecule has 1 atom stereocenters. The third-order valence-electron chi connectivity index (χ3n) is 2.48. The molecular formula is C13H16BrF3N2O2. The molecule has 1 amide bonds. The Morgan fingerprint density at radius 2 is 2.10 bits per heavy atom. The number of hydrogen-bond donors (Lipinski definition) is 2. The molecule has 0 fully saturated rings. The van der Waals surface area contributed by atoms with E-state index in [0.717, 1.165) is 6.42 Å². The highest BCUT2D eigenvalue weighted by Gasteiger charge is 2.32. The van der Waals surface area contributed by atoms with Crippen LogP contribution in [0.15, 0.2) is 22.7 Å². The second-order valence-corrected chi connectivity index (χ2v) is 5.20. The maximum Gasteiger partial charge on any atom is 0.573 e. The largest absolute Gasteiger partial charge is 0.573 e. The van der Waals surface area contributed by atoms with E-state index >= 15 is 0 Å². The van der Waals surface area contributed by atoms with Gasteiger partial charge in [0, 0.05) is 12.2 Å². The molecule has 0 saturated heterocycles. The molecule has 1 unspecified atom stereocenters. The van der Waals surface area contributed by atoms with Crippen LogP contribution in [0, 0.1) is 0 Å². The molecule has 21 heavy (non-hydrogen) atoms. The molecule has 0 bridgehead atoms. The number of hydrogen-bond acceptors (Lipinski definition) is 3. The molecule has 0 aliphatic heterocycles. The molecule has 8 heteroatoms. The van der Waals surface area contributed by atoms with Crippen LogP contribution in [-0.4, -0.2) is 24.9 Å². The lowest BCUT2D eigenvalue weighted by molar-refractivity contribution is -0.274. The van der Waals surface area contributed by atoms with Gasteiger partial charge in [-0.05, 0) is 47.5 Å². The summed E-state index contributed by atoms with van der Waals surface area (Å²) in [6.07, 6.45) is -3.92. The fourth-order valence-electron chi connectivity index (χ4n) is 1.51. The van der Waals surface area contributed by atoms with Crippen LogP contribution >= 0.6 is 15.9 Å². The fraction of sp³-hybridized carbons (Fsp3) is 0.462. The van der Waals surface area contributed by atoms with Crippen molar-refractivity contribution in [3.8, 4) is 5.75 Å². The van der Waals surface area contributed by atoms with Crippen LogP contribution in [0.5, 0.6) is 5.75 Å². The number of benzene rings is 1. The molecule has 0 heterocycles. The van der Waals surface area contributed by atoms with E-state index in [0.29, 0.717) is 12.2 Å². The lowest BCUT2D eigenvalue weighted by atomic mass is 10.2. The van der Waals surface area contributed by atoms with Gasteiger partial charge in [-0.25, -0.2) is 0 Å². The van der Waals surface area contributed by atoms with E-state index in [9.17, 15) is 18.0 Å². The third-order valence-corrected chi connectivity index (χ3v) is 3.10. The molecule has 0 radical (unpaired) electrons. The minimum absolute atomic E-state index is 0.144. The summed E-state index contributed by atoms with van der Waals surface area (Å²) in [6, 6.07) is 3.51. The molecule has 0 saturated carbocycles. The van der Waals surface area contributed by atoms with Crippen LogP contribution in [0.2, 0.25) is 0 Å². The first-order valence-electron chi connectivity index (χ1n) is 6.32. The molecule has 2 N–H and O–H groups in total. The van der Waals surface area contributed by atoms with Gasteiger partial charge in [0.2, 0.25) is 5.91 Å². The van der Waals surface area contributed by atoms with Crippen molar-refractivity contribution in [2.75, 3.05) is 11.9 Å². The molecule has 0 spiro atoms. The van der Waals surface area contributed by atoms with E-state index in [2.05, 4.69) is 31.3 Å². The number of halogens is 4. The summed E-state index contributed by atoms with van der Waals surface area (Å²) in [4.78, 5) is 11.7. The Labute approximate surface area is 129 Å². The maximum absolute atomic E-state index is 12.1. The van der Waals surface area contributed by atoms with Crippen LogP contribution in [0.25, 0.3) is 0 Å². The monoisotopic (exact) mass is 368 g/mol. The van der Waals surface area contributed by atoms with Crippen LogP contribution in [0.1, 0.15) is 20.3 Å². The first kappa shape index (κ1) is 17.6. The first-order chi connectivity index (χ1) is 9.73. The van der Waals surface area contributed by atoms with Gasteiger partial charge in [-0.3, -0.25) is 4.79 Å². The summed E-state index contributed by atoms with van der Waals surface area (Å²) < 4.78 is 40.4. The van der Waals surface area contributed by atoms with Gasteiger partial charge in [0.25, 0.3) is 0 Å². The van der Waals surface area contributed by atoms with Gasteiger partial charge in [-0.15, -0.1) is 13.2 Å². The van der Waals surface area contributed by atoms with E-state index in [-0.39, 0.29) is 16.1 Å². The first-order valence-corrected chi connectivity index (χ1v) is 7.11. The quantitative estimate of drug-likeness (QED) is 0.805. The molecule has 1 aromatic carbocycles. The van der Waals surface area contributed by atoms with Crippen molar-refractivity contribution in [2.45, 2.75) is 32.7 Å². The number of carbonyl (C=O) groups excluding carboxylic acids is 1. The number of nitrogens with one attached hydrogen (secondary N) is 2. The second-order valence-electron chi connectivity index (χ2n) is 4.35. The van der Waals surface area contributed by atoms with Crippen LogP contribution < -0.4 is 15.4 Å². The Balaban J connectivity index is 2.69. The summed E-state index contributed by atoms with van der Waals surface area (Å²) in [7, 11) is 0. The van der Waals surface area contributed by atoms with Crippen LogP contribution in [0.3, 0.4) is 0 Å². The molecule has 118 valence electrons. The Hall–Kier alpha value is -1.44. The topological polar surface area (TPSA) is 50.4 Å². The summed E-state index contributed by atoms with van der Waals surface area (Å²) >= 11 is 3.00. The predicted octanol–water partition coefficient (Wildman–Crippen LogP) is 3.67. The highest BCUT2D eigenvalue weighted by Crippen LogP contribution is 2.32. The summed E-state index contributed by atoms with van der Waals surface area (Å²) in [5.74, 6) is -0.514. The van der Waals surface area contributed by atoms with Crippen molar-refractivity contribution >= 4 is 27.5 Å². The lowest BCUT2D eigenvalue weighted by Gasteiger charge is -2.16. The van der Waals surface area contributed by atoms with Crippen LogP contribution in [0.4, 0.5) is 18.9 Å². The third kappa shape index (κ3) is 6.24. The Kier molecular flexibility index (Phi) is 6.32. The normalized spacial score (nSPS) is 12.7. The number of alkyl halides is 3. The van der Waals surface area contributed by atoms with Crippen molar-refractivity contribution in [1.29, 1.82) is 0 Å². The van der Waals surface area contributed by atoms with Gasteiger partial charge in [-0.2, -0.15) is 0 Å². The summed E-state index contributed by atoms with van der Waals surface area (Å²) in [6.45, 7) is 4.18. The minimum atomic E-state index is -4.75. The van der Waals surface area contributed by atoms with E-state index < -0.39 is 12.4 Å². The van der Waals surface area contributed by atoms with E-state index in [1.54, 1.807) is 6.92 Å². The van der Waals surface area contributed by atoms with Gasteiger partial charge < -0.3 is 15.4 Å². The average Bonchev–Trinajstić information content (AvgIpc) is 2.37. The zero-order valence-corrected chi connectivity index (χ0v) is 13.1. The van der Waals surface area contributed by atoms with Crippen molar-refractivity contribution < 1.29 is 22.7 Å². The number of rotatable bonds is 6. The summed E-state index contributed by atoms with van der Waals surface area (Å²) in [5, 5.41) is 5.63. The molecule has 0 aliphatic rings. The Bertz CT molecular complexity index is 495. The number of anilines is 1. The summed E-state index contributed by atoms with van der Waals surface area (Å²) in [5.41, 5.74) is 0.510. The molecule has 1 aromatic rings. The van der Waals surface area contributed by atoms with Gasteiger partial charge >= 0.3 is 6.36 Å². The highest BCUT2D eigenvalue weighted by molar-refractivity contribution is 9.10. The number of amides is 1. The van der Waals surface area contributed by atoms with E-state index in [1.165, 1.54) is 18.2 Å². The lowest BCUT2D eigenvalue weighted by Crippen LogP contribution is -2.37. The number of carbonyl (C=O) groups is 1. The molecular weight excluding hydrogens is 353 g/mol. The molecule has 0 aromatic heterocycles. The van der Waals surface area contributed by atoms with E-state index in [4.69, 9.17) is 0 Å². The molecule has 1 rings (SSSR count). The second kappa shape index (κ2) is 7.53. The van der Waals surface area contributed by atoms with Crippen LogP contribution in [-0.2, 0) is 4.79 Å². The number of ether oxygens (including phenoxy) is 1. The van der Waals surface area contributed by atoms with Gasteiger partial charge in [0.15, 0.2) is 0 Å². The smallest absolute Gasteiger partial charge is 0.405 e. The minimum Gasteiger partial charge on any atom is -0.405 e.